The summed E-state index contributed by atoms with van der Waals surface area (Å²) in [6.07, 6.45) is 5.94. The van der Waals surface area contributed by atoms with E-state index in [9.17, 15) is 14.0 Å². The van der Waals surface area contributed by atoms with Gasteiger partial charge in [-0.25, -0.2) is 4.39 Å². The van der Waals surface area contributed by atoms with Gasteiger partial charge in [-0.2, -0.15) is 0 Å². The molecule has 0 bridgehead atoms. The van der Waals surface area contributed by atoms with E-state index < -0.39 is 0 Å². The maximum absolute atomic E-state index is 13.1. The van der Waals surface area contributed by atoms with Gasteiger partial charge in [-0.1, -0.05) is 12.1 Å². The Bertz CT molecular complexity index is 993. The van der Waals surface area contributed by atoms with E-state index in [-0.39, 0.29) is 17.5 Å². The van der Waals surface area contributed by atoms with Gasteiger partial charge in [0.25, 0.3) is 0 Å². The predicted octanol–water partition coefficient (Wildman–Crippen LogP) is 4.54. The van der Waals surface area contributed by atoms with Gasteiger partial charge in [-0.05, 0) is 92.1 Å². The average Bonchev–Trinajstić information content (AvgIpc) is 3.22. The number of piperidine rings is 1. The Kier molecular flexibility index (Phi) is 5.61. The summed E-state index contributed by atoms with van der Waals surface area (Å²) in [6.45, 7) is 3.69. The molecule has 162 valence electrons. The standard InChI is InChI=1S/C26H29FN2O2/c27-23-5-1-19(2-6-23)17-28-12-9-18(10-13-28)3-7-24(30)22-15-20-4-8-25(31)29-14-11-21(16-22)26(20)29/h1-2,5-6,15-16,18H,3-4,7-14,17H2. The zero-order valence-electron chi connectivity index (χ0n) is 17.9. The van der Waals surface area contributed by atoms with Crippen LogP contribution in [-0.2, 0) is 24.2 Å². The van der Waals surface area contributed by atoms with E-state index in [4.69, 9.17) is 0 Å². The van der Waals surface area contributed by atoms with Gasteiger partial charge in [0.05, 0.1) is 5.69 Å². The first-order chi connectivity index (χ1) is 15.1. The number of carbonyl (C=O) groups excluding carboxylic acids is 2. The molecule has 3 aliphatic heterocycles. The fraction of sp³-hybridized carbons (Fsp3) is 0.462. The second-order valence-corrected chi connectivity index (χ2v) is 9.25. The zero-order chi connectivity index (χ0) is 21.4. The molecule has 5 rings (SSSR count). The first-order valence-electron chi connectivity index (χ1n) is 11.5. The van der Waals surface area contributed by atoms with Crippen LogP contribution in [0.4, 0.5) is 10.1 Å². The molecular formula is C26H29FN2O2. The summed E-state index contributed by atoms with van der Waals surface area (Å²) in [4.78, 5) is 29.4. The van der Waals surface area contributed by atoms with E-state index in [1.165, 1.54) is 23.3 Å². The molecule has 0 unspecified atom stereocenters. The molecule has 0 radical (unpaired) electrons. The van der Waals surface area contributed by atoms with E-state index >= 15 is 0 Å². The number of amides is 1. The molecule has 0 saturated carbocycles. The molecule has 1 fully saturated rings. The normalized spacial score (nSPS) is 19.0. The highest BCUT2D eigenvalue weighted by Gasteiger charge is 2.32. The lowest BCUT2D eigenvalue weighted by molar-refractivity contribution is -0.118. The van der Waals surface area contributed by atoms with E-state index in [1.54, 1.807) is 0 Å². The Morgan fingerprint density at radius 1 is 0.968 bits per heavy atom. The van der Waals surface area contributed by atoms with Crippen LogP contribution >= 0.6 is 0 Å². The predicted molar refractivity (Wildman–Crippen MR) is 119 cm³/mol. The Labute approximate surface area is 183 Å². The summed E-state index contributed by atoms with van der Waals surface area (Å²) >= 11 is 0. The van der Waals surface area contributed by atoms with Gasteiger partial charge < -0.3 is 4.90 Å². The zero-order valence-corrected chi connectivity index (χ0v) is 17.9. The molecule has 4 nitrogen and oxygen atoms in total. The van der Waals surface area contributed by atoms with Crippen molar-refractivity contribution in [3.63, 3.8) is 0 Å². The van der Waals surface area contributed by atoms with E-state index in [1.807, 2.05) is 29.2 Å². The summed E-state index contributed by atoms with van der Waals surface area (Å²) in [5.74, 6) is 0.860. The van der Waals surface area contributed by atoms with Crippen LogP contribution in [0.3, 0.4) is 0 Å². The maximum Gasteiger partial charge on any atom is 0.227 e. The van der Waals surface area contributed by atoms with Crippen LogP contribution in [0.2, 0.25) is 0 Å². The number of Topliss-reactive ketones (excluding diaryl/α,β-unsaturated/α-hetero) is 1. The molecule has 5 heteroatoms. The minimum absolute atomic E-state index is 0.189. The fourth-order valence-electron chi connectivity index (χ4n) is 5.38. The molecule has 0 N–H and O–H groups in total. The average molecular weight is 421 g/mol. The topological polar surface area (TPSA) is 40.6 Å². The van der Waals surface area contributed by atoms with Crippen molar-refractivity contribution in [2.24, 2.45) is 5.92 Å². The van der Waals surface area contributed by atoms with Crippen LogP contribution in [0, 0.1) is 11.7 Å². The van der Waals surface area contributed by atoms with Crippen LogP contribution in [0.5, 0.6) is 0 Å². The third-order valence-electron chi connectivity index (χ3n) is 7.18. The highest BCUT2D eigenvalue weighted by atomic mass is 19.1. The van der Waals surface area contributed by atoms with Crippen molar-refractivity contribution in [1.82, 2.24) is 4.90 Å². The van der Waals surface area contributed by atoms with Crippen molar-refractivity contribution < 1.29 is 14.0 Å². The maximum atomic E-state index is 13.1. The van der Waals surface area contributed by atoms with Crippen molar-refractivity contribution in [1.29, 1.82) is 0 Å². The smallest absolute Gasteiger partial charge is 0.227 e. The van der Waals surface area contributed by atoms with Crippen LogP contribution < -0.4 is 4.90 Å². The molecule has 3 aliphatic rings. The largest absolute Gasteiger partial charge is 0.312 e. The van der Waals surface area contributed by atoms with Gasteiger partial charge in [0.1, 0.15) is 5.82 Å². The van der Waals surface area contributed by atoms with Crippen molar-refractivity contribution in [3.8, 4) is 0 Å². The molecule has 1 saturated heterocycles. The Morgan fingerprint density at radius 3 is 2.42 bits per heavy atom. The molecule has 0 spiro atoms. The summed E-state index contributed by atoms with van der Waals surface area (Å²) in [5.41, 5.74) is 5.41. The summed E-state index contributed by atoms with van der Waals surface area (Å²) < 4.78 is 13.1. The number of carbonyl (C=O) groups is 2. The van der Waals surface area contributed by atoms with E-state index in [0.29, 0.717) is 18.8 Å². The van der Waals surface area contributed by atoms with Gasteiger partial charge in [0.2, 0.25) is 5.91 Å². The van der Waals surface area contributed by atoms with E-state index in [0.717, 1.165) is 75.1 Å². The Morgan fingerprint density at radius 2 is 1.68 bits per heavy atom. The lowest BCUT2D eigenvalue weighted by atomic mass is 9.89. The van der Waals surface area contributed by atoms with Gasteiger partial charge >= 0.3 is 0 Å². The van der Waals surface area contributed by atoms with Gasteiger partial charge in [0, 0.05) is 31.5 Å². The number of aryl methyl sites for hydroxylation is 1. The molecular weight excluding hydrogens is 391 g/mol. The van der Waals surface area contributed by atoms with Crippen LogP contribution in [0.1, 0.15) is 59.2 Å². The molecule has 2 aromatic carbocycles. The molecule has 3 heterocycles. The number of hydrogen-bond acceptors (Lipinski definition) is 3. The summed E-state index contributed by atoms with van der Waals surface area (Å²) in [5, 5.41) is 0. The Balaban J connectivity index is 1.13. The minimum atomic E-state index is -0.189. The third-order valence-corrected chi connectivity index (χ3v) is 7.18. The van der Waals surface area contributed by atoms with Gasteiger partial charge in [-0.3, -0.25) is 14.5 Å². The summed E-state index contributed by atoms with van der Waals surface area (Å²) in [7, 11) is 0. The second-order valence-electron chi connectivity index (χ2n) is 9.25. The van der Waals surface area contributed by atoms with Crippen molar-refractivity contribution in [2.45, 2.75) is 51.5 Å². The van der Waals surface area contributed by atoms with Crippen LogP contribution in [-0.4, -0.2) is 36.2 Å². The molecule has 0 atom stereocenters. The van der Waals surface area contributed by atoms with Crippen LogP contribution in [0.15, 0.2) is 36.4 Å². The highest BCUT2D eigenvalue weighted by molar-refractivity contribution is 6.02. The van der Waals surface area contributed by atoms with E-state index in [2.05, 4.69) is 4.90 Å². The molecule has 31 heavy (non-hydrogen) atoms. The van der Waals surface area contributed by atoms with Gasteiger partial charge in [-0.15, -0.1) is 0 Å². The second kappa shape index (κ2) is 8.54. The first-order valence-corrected chi connectivity index (χ1v) is 11.5. The van der Waals surface area contributed by atoms with Crippen LogP contribution in [0.25, 0.3) is 0 Å². The molecule has 0 aliphatic carbocycles. The van der Waals surface area contributed by atoms with Crippen molar-refractivity contribution >= 4 is 17.4 Å². The number of rotatable bonds is 6. The third kappa shape index (κ3) is 4.29. The quantitative estimate of drug-likeness (QED) is 0.645. The molecule has 0 aromatic heterocycles. The fourth-order valence-corrected chi connectivity index (χ4v) is 5.38. The number of ketones is 1. The number of likely N-dealkylation sites (tertiary alicyclic amines) is 1. The summed E-state index contributed by atoms with van der Waals surface area (Å²) in [6, 6.07) is 10.8. The highest BCUT2D eigenvalue weighted by Crippen LogP contribution is 2.38. The molecule has 1 amide bonds. The number of anilines is 1. The lowest BCUT2D eigenvalue weighted by Gasteiger charge is -2.32. The number of halogens is 1. The van der Waals surface area contributed by atoms with Crippen molar-refractivity contribution in [2.75, 3.05) is 24.5 Å². The number of nitrogens with zero attached hydrogens (tertiary/aromatic N) is 2. The first kappa shape index (κ1) is 20.4. The lowest BCUT2D eigenvalue weighted by Crippen LogP contribution is -2.33. The van der Waals surface area contributed by atoms with Crippen molar-refractivity contribution in [3.05, 3.63) is 64.5 Å². The molecule has 2 aromatic rings. The Hall–Kier alpha value is -2.53. The number of hydrogen-bond donors (Lipinski definition) is 0. The monoisotopic (exact) mass is 420 g/mol. The number of benzene rings is 2. The minimum Gasteiger partial charge on any atom is -0.312 e. The van der Waals surface area contributed by atoms with Gasteiger partial charge in [0.15, 0.2) is 5.78 Å². The SMILES string of the molecule is O=C(CCC1CCN(Cc2ccc(F)cc2)CC1)c1cc2c3c(c1)CCN3C(=O)CC2.